The Labute approximate surface area is 130 Å². The third kappa shape index (κ3) is 2.25. The minimum atomic E-state index is -1.08. The van der Waals surface area contributed by atoms with Crippen LogP contribution in [0.3, 0.4) is 0 Å². The molecular formula is C16H10ClNO4. The zero-order valence-electron chi connectivity index (χ0n) is 11.2. The molecule has 1 N–H and O–H groups in total. The van der Waals surface area contributed by atoms with Crippen molar-refractivity contribution in [1.29, 1.82) is 0 Å². The summed E-state index contributed by atoms with van der Waals surface area (Å²) in [6.07, 6.45) is 0. The van der Waals surface area contributed by atoms with Crippen LogP contribution in [0.5, 0.6) is 0 Å². The molecule has 0 spiro atoms. The molecule has 110 valence electrons. The third-order valence-corrected chi connectivity index (χ3v) is 3.75. The first kappa shape index (κ1) is 14.3. The van der Waals surface area contributed by atoms with E-state index in [0.29, 0.717) is 16.3 Å². The Morgan fingerprint density at radius 2 is 1.86 bits per heavy atom. The highest BCUT2D eigenvalue weighted by molar-refractivity contribution is 6.52. The monoisotopic (exact) mass is 315 g/mol. The van der Waals surface area contributed by atoms with Crippen molar-refractivity contribution < 1.29 is 19.5 Å². The molecule has 1 aliphatic rings. The zero-order chi connectivity index (χ0) is 15.9. The average Bonchev–Trinajstić information content (AvgIpc) is 2.72. The number of carboxylic acid groups (broad SMARTS) is 1. The Morgan fingerprint density at radius 3 is 2.59 bits per heavy atom. The second kappa shape index (κ2) is 5.27. The number of amides is 1. The van der Waals surface area contributed by atoms with Crippen LogP contribution in [0.25, 0.3) is 0 Å². The van der Waals surface area contributed by atoms with Crippen LogP contribution in [0.1, 0.15) is 26.3 Å². The maximum Gasteiger partial charge on any atom is 0.336 e. The van der Waals surface area contributed by atoms with Gasteiger partial charge < -0.3 is 10.0 Å². The van der Waals surface area contributed by atoms with Crippen molar-refractivity contribution in [2.45, 2.75) is 6.54 Å². The fraction of sp³-hybridized carbons (Fsp3) is 0.0625. The number of ketones is 1. The number of hydrogen-bond donors (Lipinski definition) is 1. The second-order valence-electron chi connectivity index (χ2n) is 4.84. The largest absolute Gasteiger partial charge is 0.478 e. The predicted molar refractivity (Wildman–Crippen MR) is 80.4 cm³/mol. The van der Waals surface area contributed by atoms with Crippen molar-refractivity contribution in [3.63, 3.8) is 0 Å². The average molecular weight is 316 g/mol. The molecule has 0 unspecified atom stereocenters. The van der Waals surface area contributed by atoms with Crippen molar-refractivity contribution in [3.05, 3.63) is 64.2 Å². The Kier molecular flexibility index (Phi) is 3.42. The molecule has 22 heavy (non-hydrogen) atoms. The minimum Gasteiger partial charge on any atom is -0.478 e. The molecule has 0 fully saturated rings. The number of fused-ring (bicyclic) bond motifs is 1. The predicted octanol–water partition coefficient (Wildman–Crippen LogP) is 2.77. The Hall–Kier alpha value is -2.66. The molecule has 1 aliphatic heterocycles. The number of aromatic carboxylic acids is 1. The van der Waals surface area contributed by atoms with Gasteiger partial charge in [-0.1, -0.05) is 29.8 Å². The van der Waals surface area contributed by atoms with E-state index in [-0.39, 0.29) is 17.7 Å². The highest BCUT2D eigenvalue weighted by atomic mass is 35.5. The summed E-state index contributed by atoms with van der Waals surface area (Å²) in [5, 5.41) is 9.61. The van der Waals surface area contributed by atoms with E-state index >= 15 is 0 Å². The van der Waals surface area contributed by atoms with Gasteiger partial charge in [0.05, 0.1) is 23.4 Å². The molecule has 2 aromatic carbocycles. The van der Waals surface area contributed by atoms with E-state index in [1.807, 2.05) is 0 Å². The van der Waals surface area contributed by atoms with Crippen molar-refractivity contribution in [2.75, 3.05) is 4.90 Å². The fourth-order valence-electron chi connectivity index (χ4n) is 2.46. The molecule has 0 aromatic heterocycles. The van der Waals surface area contributed by atoms with Crippen molar-refractivity contribution in [2.24, 2.45) is 0 Å². The van der Waals surface area contributed by atoms with Crippen molar-refractivity contribution in [3.8, 4) is 0 Å². The van der Waals surface area contributed by atoms with E-state index in [4.69, 9.17) is 11.6 Å². The van der Waals surface area contributed by atoms with Crippen LogP contribution >= 0.6 is 11.6 Å². The Bertz CT molecular complexity index is 816. The second-order valence-corrected chi connectivity index (χ2v) is 5.28. The third-order valence-electron chi connectivity index (χ3n) is 3.51. The highest BCUT2D eigenvalue weighted by Crippen LogP contribution is 2.33. The number of anilines is 1. The molecule has 6 heteroatoms. The number of carbonyl (C=O) groups is 3. The van der Waals surface area contributed by atoms with Crippen LogP contribution in [0.4, 0.5) is 5.69 Å². The van der Waals surface area contributed by atoms with Gasteiger partial charge in [0.1, 0.15) is 0 Å². The molecule has 2 aromatic rings. The summed E-state index contributed by atoms with van der Waals surface area (Å²) in [6.45, 7) is 0.000386. The van der Waals surface area contributed by atoms with E-state index in [9.17, 15) is 19.5 Å². The van der Waals surface area contributed by atoms with Gasteiger partial charge in [-0.15, -0.1) is 0 Å². The normalized spacial score (nSPS) is 13.4. The smallest absolute Gasteiger partial charge is 0.336 e. The maximum atomic E-state index is 12.1. The van der Waals surface area contributed by atoms with Gasteiger partial charge in [0.2, 0.25) is 0 Å². The number of benzene rings is 2. The summed E-state index contributed by atoms with van der Waals surface area (Å²) >= 11 is 5.93. The Morgan fingerprint density at radius 1 is 1.14 bits per heavy atom. The van der Waals surface area contributed by atoms with Gasteiger partial charge in [-0.2, -0.15) is 0 Å². The summed E-state index contributed by atoms with van der Waals surface area (Å²) in [7, 11) is 0. The molecule has 0 aliphatic carbocycles. The lowest BCUT2D eigenvalue weighted by Crippen LogP contribution is -2.29. The van der Waals surface area contributed by atoms with Gasteiger partial charge in [-0.05, 0) is 29.8 Å². The topological polar surface area (TPSA) is 74.7 Å². The van der Waals surface area contributed by atoms with Crippen LogP contribution in [0, 0.1) is 0 Å². The number of rotatable bonds is 3. The van der Waals surface area contributed by atoms with E-state index < -0.39 is 17.7 Å². The number of hydrogen-bond acceptors (Lipinski definition) is 3. The van der Waals surface area contributed by atoms with E-state index in [2.05, 4.69) is 0 Å². The molecule has 1 amide bonds. The molecule has 0 saturated heterocycles. The van der Waals surface area contributed by atoms with Crippen LogP contribution < -0.4 is 4.90 Å². The minimum absolute atomic E-state index is 0.000386. The van der Waals surface area contributed by atoms with E-state index in [1.165, 1.54) is 23.1 Å². The van der Waals surface area contributed by atoms with Gasteiger partial charge in [0.15, 0.2) is 0 Å². The maximum absolute atomic E-state index is 12.1. The van der Waals surface area contributed by atoms with Crippen LogP contribution in [0.2, 0.25) is 5.02 Å². The summed E-state index contributed by atoms with van der Waals surface area (Å²) in [4.78, 5) is 36.6. The quantitative estimate of drug-likeness (QED) is 0.884. The van der Waals surface area contributed by atoms with Crippen LogP contribution in [-0.4, -0.2) is 22.8 Å². The van der Waals surface area contributed by atoms with Gasteiger partial charge in [0, 0.05) is 5.02 Å². The molecule has 0 bridgehead atoms. The van der Waals surface area contributed by atoms with E-state index in [1.54, 1.807) is 24.3 Å². The van der Waals surface area contributed by atoms with Gasteiger partial charge in [-0.3, -0.25) is 9.59 Å². The Balaban J connectivity index is 2.04. The number of nitrogens with zero attached hydrogens (tertiary/aromatic N) is 1. The molecule has 0 saturated carbocycles. The van der Waals surface area contributed by atoms with Crippen LogP contribution in [0.15, 0.2) is 42.5 Å². The molecule has 1 heterocycles. The molecule has 3 rings (SSSR count). The van der Waals surface area contributed by atoms with Gasteiger partial charge >= 0.3 is 5.97 Å². The number of carboxylic acids is 1. The fourth-order valence-corrected chi connectivity index (χ4v) is 2.63. The SMILES string of the molecule is O=C(O)c1ccccc1CN1C(=O)C(=O)c2ccc(Cl)cc21. The number of Topliss-reactive ketones (excluding diaryl/α,β-unsaturated/α-hetero) is 1. The summed E-state index contributed by atoms with van der Waals surface area (Å²) < 4.78 is 0. The molecular weight excluding hydrogens is 306 g/mol. The molecule has 5 nitrogen and oxygen atoms in total. The summed E-state index contributed by atoms with van der Waals surface area (Å²) in [6, 6.07) is 10.9. The first-order chi connectivity index (χ1) is 10.5. The van der Waals surface area contributed by atoms with Gasteiger partial charge in [0.25, 0.3) is 11.7 Å². The summed E-state index contributed by atoms with van der Waals surface area (Å²) in [5.74, 6) is -2.38. The lowest BCUT2D eigenvalue weighted by molar-refractivity contribution is -0.114. The first-order valence-corrected chi connectivity index (χ1v) is 6.84. The molecule has 0 atom stereocenters. The lowest BCUT2D eigenvalue weighted by Gasteiger charge is -2.18. The standard InChI is InChI=1S/C16H10ClNO4/c17-10-5-6-12-13(7-10)18(15(20)14(12)19)8-9-3-1-2-4-11(9)16(21)22/h1-7H,8H2,(H,21,22). The lowest BCUT2D eigenvalue weighted by atomic mass is 10.1. The zero-order valence-corrected chi connectivity index (χ0v) is 12.0. The number of carbonyl (C=O) groups excluding carboxylic acids is 2. The molecule has 0 radical (unpaired) electrons. The van der Waals surface area contributed by atoms with Crippen molar-refractivity contribution in [1.82, 2.24) is 0 Å². The van der Waals surface area contributed by atoms with E-state index in [0.717, 1.165) is 0 Å². The number of halogens is 1. The highest BCUT2D eigenvalue weighted by Gasteiger charge is 2.36. The van der Waals surface area contributed by atoms with Crippen molar-refractivity contribution >= 4 is 34.9 Å². The van der Waals surface area contributed by atoms with Crippen LogP contribution in [-0.2, 0) is 11.3 Å². The summed E-state index contributed by atoms with van der Waals surface area (Å²) in [5.41, 5.74) is 1.23. The first-order valence-electron chi connectivity index (χ1n) is 6.46. The van der Waals surface area contributed by atoms with Gasteiger partial charge in [-0.25, -0.2) is 4.79 Å².